The van der Waals surface area contributed by atoms with Crippen LogP contribution in [0.3, 0.4) is 0 Å². The van der Waals surface area contributed by atoms with Gasteiger partial charge in [0.15, 0.2) is 5.58 Å². The van der Waals surface area contributed by atoms with E-state index in [-0.39, 0.29) is 0 Å². The number of aromatic nitrogens is 1. The largest absolute Gasteiger partial charge is 0.356 e. The van der Waals surface area contributed by atoms with E-state index in [2.05, 4.69) is 28.3 Å². The number of fused-ring (bicyclic) bond motifs is 1. The average Bonchev–Trinajstić information content (AvgIpc) is 2.77. The molecule has 0 N–H and O–H groups in total. The minimum absolute atomic E-state index is 0.594. The lowest BCUT2D eigenvalue weighted by Crippen LogP contribution is -2.06. The van der Waals surface area contributed by atoms with Crippen molar-refractivity contribution in [2.75, 3.05) is 6.54 Å². The lowest BCUT2D eigenvalue weighted by Gasteiger charge is -2.17. The fourth-order valence-electron chi connectivity index (χ4n) is 2.07. The predicted octanol–water partition coefficient (Wildman–Crippen LogP) is 2.78. The molecule has 1 unspecified atom stereocenters. The van der Waals surface area contributed by atoms with Crippen molar-refractivity contribution in [1.29, 1.82) is 0 Å². The topological polar surface area (TPSA) is 38.4 Å². The molecule has 3 nitrogen and oxygen atoms in total. The Morgan fingerprint density at radius 2 is 2.33 bits per heavy atom. The zero-order valence-electron chi connectivity index (χ0n) is 8.39. The fraction of sp³-hybridized carbons (Fsp3) is 0.333. The number of aliphatic imine (C=N–C) groups is 1. The highest BCUT2D eigenvalue weighted by atomic mass is 16.5. The zero-order valence-corrected chi connectivity index (χ0v) is 8.39. The molecule has 0 radical (unpaired) electrons. The van der Waals surface area contributed by atoms with E-state index in [1.165, 1.54) is 5.56 Å². The number of hydrogen-bond donors (Lipinski definition) is 0. The second kappa shape index (κ2) is 3.50. The van der Waals surface area contributed by atoms with Gasteiger partial charge >= 0.3 is 0 Å². The standard InChI is InChI=1S/C12H12N2O/c1-2-11-8-14-15-12(11)7-10(1)9-3-5-13-6-4-9/h1-2,5,7-9H,3-4,6H2. The first-order valence-electron chi connectivity index (χ1n) is 5.26. The van der Waals surface area contributed by atoms with E-state index < -0.39 is 0 Å². The van der Waals surface area contributed by atoms with Gasteiger partial charge in [-0.3, -0.25) is 4.99 Å². The lowest BCUT2D eigenvalue weighted by molar-refractivity contribution is 0.456. The first-order valence-corrected chi connectivity index (χ1v) is 5.26. The van der Waals surface area contributed by atoms with E-state index in [4.69, 9.17) is 4.52 Å². The van der Waals surface area contributed by atoms with Crippen molar-refractivity contribution in [1.82, 2.24) is 5.16 Å². The van der Waals surface area contributed by atoms with Gasteiger partial charge in [-0.25, -0.2) is 0 Å². The van der Waals surface area contributed by atoms with Gasteiger partial charge in [0.25, 0.3) is 0 Å². The number of rotatable bonds is 1. The van der Waals surface area contributed by atoms with Gasteiger partial charge in [0.2, 0.25) is 0 Å². The Morgan fingerprint density at radius 3 is 3.20 bits per heavy atom. The molecule has 2 aromatic rings. The number of nitrogens with zero attached hydrogens (tertiary/aromatic N) is 2. The summed E-state index contributed by atoms with van der Waals surface area (Å²) >= 11 is 0. The molecule has 76 valence electrons. The molecule has 2 heterocycles. The Balaban J connectivity index is 1.99. The highest BCUT2D eigenvalue weighted by Gasteiger charge is 2.13. The van der Waals surface area contributed by atoms with Crippen LogP contribution in [0.4, 0.5) is 0 Å². The number of benzene rings is 1. The van der Waals surface area contributed by atoms with Crippen molar-refractivity contribution in [2.24, 2.45) is 4.99 Å². The summed E-state index contributed by atoms with van der Waals surface area (Å²) in [5.74, 6) is 0.594. The van der Waals surface area contributed by atoms with Gasteiger partial charge in [-0.15, -0.1) is 0 Å². The second-order valence-corrected chi connectivity index (χ2v) is 3.93. The van der Waals surface area contributed by atoms with Crippen LogP contribution in [0.15, 0.2) is 33.9 Å². The van der Waals surface area contributed by atoms with Crippen LogP contribution in [0.25, 0.3) is 11.0 Å². The van der Waals surface area contributed by atoms with E-state index in [0.717, 1.165) is 30.4 Å². The molecule has 0 spiro atoms. The highest BCUT2D eigenvalue weighted by molar-refractivity contribution is 5.76. The molecule has 0 bridgehead atoms. The van der Waals surface area contributed by atoms with Gasteiger partial charge in [0.05, 0.1) is 6.20 Å². The third-order valence-corrected chi connectivity index (χ3v) is 2.98. The van der Waals surface area contributed by atoms with Crippen molar-refractivity contribution in [2.45, 2.75) is 18.8 Å². The molecule has 15 heavy (non-hydrogen) atoms. The molecule has 0 amide bonds. The number of hydrogen-bond acceptors (Lipinski definition) is 3. The van der Waals surface area contributed by atoms with Crippen molar-refractivity contribution < 1.29 is 4.52 Å². The van der Waals surface area contributed by atoms with Crippen molar-refractivity contribution >= 4 is 17.2 Å². The molecule has 0 fully saturated rings. The van der Waals surface area contributed by atoms with E-state index in [1.807, 2.05) is 6.21 Å². The van der Waals surface area contributed by atoms with Gasteiger partial charge in [0, 0.05) is 11.9 Å². The van der Waals surface area contributed by atoms with Crippen molar-refractivity contribution in [3.05, 3.63) is 30.0 Å². The first kappa shape index (κ1) is 8.65. The van der Waals surface area contributed by atoms with Crippen LogP contribution in [-0.2, 0) is 0 Å². The summed E-state index contributed by atoms with van der Waals surface area (Å²) in [4.78, 5) is 4.24. The van der Waals surface area contributed by atoms with Crippen molar-refractivity contribution in [3.8, 4) is 0 Å². The van der Waals surface area contributed by atoms with Crippen molar-refractivity contribution in [3.63, 3.8) is 0 Å². The Morgan fingerprint density at radius 1 is 1.33 bits per heavy atom. The second-order valence-electron chi connectivity index (χ2n) is 3.93. The lowest BCUT2D eigenvalue weighted by atomic mass is 9.91. The Hall–Kier alpha value is -1.64. The highest BCUT2D eigenvalue weighted by Crippen LogP contribution is 2.27. The summed E-state index contributed by atoms with van der Waals surface area (Å²) in [5, 5.41) is 4.86. The molecule has 1 aliphatic rings. The van der Waals surface area contributed by atoms with Crippen LogP contribution in [0, 0.1) is 0 Å². The van der Waals surface area contributed by atoms with Gasteiger partial charge in [-0.2, -0.15) is 0 Å². The summed E-state index contributed by atoms with van der Waals surface area (Å²) in [6.45, 7) is 0.944. The first-order chi connectivity index (χ1) is 7.43. The maximum absolute atomic E-state index is 5.17. The third-order valence-electron chi connectivity index (χ3n) is 2.98. The van der Waals surface area contributed by atoms with E-state index in [0.29, 0.717) is 5.92 Å². The summed E-state index contributed by atoms with van der Waals surface area (Å²) in [5.41, 5.74) is 2.22. The molecule has 1 aliphatic heterocycles. The van der Waals surface area contributed by atoms with E-state index in [9.17, 15) is 0 Å². The summed E-state index contributed by atoms with van der Waals surface area (Å²) in [6, 6.07) is 6.35. The molecule has 3 rings (SSSR count). The van der Waals surface area contributed by atoms with Gasteiger partial charge in [-0.05, 0) is 42.7 Å². The maximum atomic E-state index is 5.17. The molecule has 1 atom stereocenters. The van der Waals surface area contributed by atoms with Crippen LogP contribution in [0.1, 0.15) is 24.3 Å². The molecule has 1 aromatic heterocycles. The van der Waals surface area contributed by atoms with Gasteiger partial charge < -0.3 is 4.52 Å². The average molecular weight is 200 g/mol. The molecule has 0 aliphatic carbocycles. The zero-order chi connectivity index (χ0) is 10.1. The van der Waals surface area contributed by atoms with E-state index in [1.54, 1.807) is 6.20 Å². The summed E-state index contributed by atoms with van der Waals surface area (Å²) < 4.78 is 5.17. The third kappa shape index (κ3) is 1.54. The fourth-order valence-corrected chi connectivity index (χ4v) is 2.07. The minimum atomic E-state index is 0.594. The molecular formula is C12H12N2O. The summed E-state index contributed by atoms with van der Waals surface area (Å²) in [7, 11) is 0. The summed E-state index contributed by atoms with van der Waals surface area (Å²) in [6.07, 6.45) is 5.95. The normalized spacial score (nSPS) is 20.9. The quantitative estimate of drug-likeness (QED) is 0.710. The molecule has 0 saturated carbocycles. The predicted molar refractivity (Wildman–Crippen MR) is 59.3 cm³/mol. The van der Waals surface area contributed by atoms with Crippen LogP contribution in [-0.4, -0.2) is 17.9 Å². The van der Waals surface area contributed by atoms with E-state index >= 15 is 0 Å². The van der Waals surface area contributed by atoms with Crippen LogP contribution in [0.2, 0.25) is 0 Å². The Bertz CT molecular complexity index is 501. The maximum Gasteiger partial charge on any atom is 0.167 e. The molecule has 1 aromatic carbocycles. The van der Waals surface area contributed by atoms with Crippen LogP contribution in [0.5, 0.6) is 0 Å². The van der Waals surface area contributed by atoms with Gasteiger partial charge in [-0.1, -0.05) is 11.2 Å². The smallest absolute Gasteiger partial charge is 0.167 e. The molecule has 0 saturated heterocycles. The van der Waals surface area contributed by atoms with Crippen LogP contribution >= 0.6 is 0 Å². The monoisotopic (exact) mass is 200 g/mol. The van der Waals surface area contributed by atoms with Gasteiger partial charge in [0.1, 0.15) is 0 Å². The Labute approximate surface area is 87.8 Å². The Kier molecular flexibility index (Phi) is 2.02. The molecule has 3 heteroatoms. The SMILES string of the molecule is C1=NCCC(c2ccc3cnoc3c2)C1. The van der Waals surface area contributed by atoms with Crippen LogP contribution < -0.4 is 0 Å². The molecular weight excluding hydrogens is 188 g/mol. The minimum Gasteiger partial charge on any atom is -0.356 e.